The van der Waals surface area contributed by atoms with E-state index < -0.39 is 5.54 Å². The first-order valence-electron chi connectivity index (χ1n) is 4.96. The summed E-state index contributed by atoms with van der Waals surface area (Å²) in [7, 11) is 0. The van der Waals surface area contributed by atoms with Crippen LogP contribution < -0.4 is 11.1 Å². The molecule has 1 fully saturated rings. The predicted octanol–water partition coefficient (Wildman–Crippen LogP) is 2.11. The van der Waals surface area contributed by atoms with Crippen molar-refractivity contribution in [3.05, 3.63) is 27.8 Å². The minimum absolute atomic E-state index is 0.243. The van der Waals surface area contributed by atoms with E-state index in [-0.39, 0.29) is 5.91 Å². The second-order valence-electron chi connectivity index (χ2n) is 3.93. The Balaban J connectivity index is 2.13. The number of anilines is 1. The van der Waals surface area contributed by atoms with Gasteiger partial charge in [-0.3, -0.25) is 4.79 Å². The molecular formula is C11H13IN2O. The minimum Gasteiger partial charge on any atom is -0.371 e. The molecule has 80 valence electrons. The van der Waals surface area contributed by atoms with E-state index in [1.165, 1.54) is 3.57 Å². The highest BCUT2D eigenvalue weighted by atomic mass is 127. The Morgan fingerprint density at radius 1 is 1.33 bits per heavy atom. The van der Waals surface area contributed by atoms with E-state index in [1.807, 2.05) is 24.3 Å². The largest absolute Gasteiger partial charge is 0.371 e. The average Bonchev–Trinajstić information content (AvgIpc) is 2.13. The van der Waals surface area contributed by atoms with Crippen molar-refractivity contribution in [2.24, 2.45) is 5.73 Å². The maximum atomic E-state index is 11.3. The Morgan fingerprint density at radius 2 is 1.93 bits per heavy atom. The summed E-state index contributed by atoms with van der Waals surface area (Å²) in [6.45, 7) is 0. The fourth-order valence-corrected chi connectivity index (χ4v) is 2.13. The van der Waals surface area contributed by atoms with Gasteiger partial charge in [-0.05, 0) is 66.1 Å². The molecule has 1 amide bonds. The summed E-state index contributed by atoms with van der Waals surface area (Å²) in [5.41, 5.74) is 5.88. The van der Waals surface area contributed by atoms with Gasteiger partial charge in [0, 0.05) is 9.26 Å². The number of nitrogens with two attached hydrogens (primary N) is 1. The van der Waals surface area contributed by atoms with E-state index in [1.54, 1.807) is 0 Å². The lowest BCUT2D eigenvalue weighted by atomic mass is 9.76. The number of benzene rings is 1. The molecule has 2 rings (SSSR count). The monoisotopic (exact) mass is 316 g/mol. The number of nitrogens with one attached hydrogen (secondary N) is 1. The molecule has 0 bridgehead atoms. The number of halogens is 1. The van der Waals surface area contributed by atoms with Gasteiger partial charge in [0.25, 0.3) is 0 Å². The standard InChI is InChI=1S/C11H13IN2O/c12-8-2-4-9(5-3-8)14-11(10(13)15)6-1-7-11/h2-5,14H,1,6-7H2,(H2,13,15). The normalized spacial score (nSPS) is 17.9. The first kappa shape index (κ1) is 10.7. The number of hydrogen-bond acceptors (Lipinski definition) is 2. The molecule has 1 aliphatic rings. The molecule has 1 saturated carbocycles. The van der Waals surface area contributed by atoms with Crippen molar-refractivity contribution in [3.8, 4) is 0 Å². The SMILES string of the molecule is NC(=O)C1(Nc2ccc(I)cc2)CCC1. The Hall–Kier alpha value is -0.780. The highest BCUT2D eigenvalue weighted by Gasteiger charge is 2.42. The molecular weight excluding hydrogens is 303 g/mol. The lowest BCUT2D eigenvalue weighted by Crippen LogP contribution is -2.55. The Labute approximate surface area is 103 Å². The van der Waals surface area contributed by atoms with Crippen molar-refractivity contribution < 1.29 is 4.79 Å². The number of amides is 1. The van der Waals surface area contributed by atoms with Gasteiger partial charge < -0.3 is 11.1 Å². The third kappa shape index (κ3) is 2.09. The second-order valence-corrected chi connectivity index (χ2v) is 5.18. The summed E-state index contributed by atoms with van der Waals surface area (Å²) in [6, 6.07) is 7.97. The lowest BCUT2D eigenvalue weighted by Gasteiger charge is -2.40. The van der Waals surface area contributed by atoms with Crippen molar-refractivity contribution in [1.82, 2.24) is 0 Å². The molecule has 0 radical (unpaired) electrons. The van der Waals surface area contributed by atoms with Crippen LogP contribution in [0.2, 0.25) is 0 Å². The molecule has 1 aromatic carbocycles. The van der Waals surface area contributed by atoms with Crippen molar-refractivity contribution in [1.29, 1.82) is 0 Å². The molecule has 0 heterocycles. The third-order valence-electron chi connectivity index (χ3n) is 2.91. The van der Waals surface area contributed by atoms with Gasteiger partial charge in [0.2, 0.25) is 5.91 Å². The van der Waals surface area contributed by atoms with Gasteiger partial charge in [-0.2, -0.15) is 0 Å². The molecule has 1 aromatic rings. The van der Waals surface area contributed by atoms with E-state index in [0.717, 1.165) is 24.9 Å². The van der Waals surface area contributed by atoms with Crippen LogP contribution in [-0.2, 0) is 4.79 Å². The number of carbonyl (C=O) groups is 1. The molecule has 4 heteroatoms. The maximum absolute atomic E-state index is 11.3. The highest BCUT2D eigenvalue weighted by Crippen LogP contribution is 2.35. The van der Waals surface area contributed by atoms with Crippen LogP contribution in [0.1, 0.15) is 19.3 Å². The summed E-state index contributed by atoms with van der Waals surface area (Å²) < 4.78 is 1.18. The van der Waals surface area contributed by atoms with Gasteiger partial charge in [0.05, 0.1) is 0 Å². The topological polar surface area (TPSA) is 55.1 Å². The van der Waals surface area contributed by atoms with Gasteiger partial charge in [0.15, 0.2) is 0 Å². The van der Waals surface area contributed by atoms with Crippen LogP contribution in [0.4, 0.5) is 5.69 Å². The Kier molecular flexibility index (Phi) is 2.86. The van der Waals surface area contributed by atoms with Gasteiger partial charge in [-0.15, -0.1) is 0 Å². The molecule has 3 N–H and O–H groups in total. The highest BCUT2D eigenvalue weighted by molar-refractivity contribution is 14.1. The van der Waals surface area contributed by atoms with E-state index in [2.05, 4.69) is 27.9 Å². The van der Waals surface area contributed by atoms with Gasteiger partial charge >= 0.3 is 0 Å². The fraction of sp³-hybridized carbons (Fsp3) is 0.364. The zero-order valence-electron chi connectivity index (χ0n) is 8.29. The average molecular weight is 316 g/mol. The van der Waals surface area contributed by atoms with E-state index in [0.29, 0.717) is 0 Å². The number of rotatable bonds is 3. The van der Waals surface area contributed by atoms with Crippen LogP contribution in [0.15, 0.2) is 24.3 Å². The van der Waals surface area contributed by atoms with Crippen LogP contribution >= 0.6 is 22.6 Å². The smallest absolute Gasteiger partial charge is 0.243 e. The lowest BCUT2D eigenvalue weighted by molar-refractivity contribution is -0.124. The Bertz CT molecular complexity index is 371. The first-order valence-corrected chi connectivity index (χ1v) is 6.04. The first-order chi connectivity index (χ1) is 7.12. The predicted molar refractivity (Wildman–Crippen MR) is 68.6 cm³/mol. The molecule has 0 aliphatic heterocycles. The van der Waals surface area contributed by atoms with Crippen LogP contribution in [0.25, 0.3) is 0 Å². The van der Waals surface area contributed by atoms with Crippen molar-refractivity contribution in [2.75, 3.05) is 5.32 Å². The van der Waals surface area contributed by atoms with Crippen LogP contribution in [-0.4, -0.2) is 11.4 Å². The molecule has 0 saturated heterocycles. The molecule has 3 nitrogen and oxygen atoms in total. The number of carbonyl (C=O) groups excluding carboxylic acids is 1. The van der Waals surface area contributed by atoms with Crippen molar-refractivity contribution >= 4 is 34.2 Å². The number of hydrogen-bond donors (Lipinski definition) is 2. The molecule has 0 atom stereocenters. The van der Waals surface area contributed by atoms with Gasteiger partial charge in [-0.1, -0.05) is 0 Å². The zero-order chi connectivity index (χ0) is 10.9. The maximum Gasteiger partial charge on any atom is 0.243 e. The quantitative estimate of drug-likeness (QED) is 0.839. The zero-order valence-corrected chi connectivity index (χ0v) is 10.5. The summed E-state index contributed by atoms with van der Waals surface area (Å²) >= 11 is 2.25. The van der Waals surface area contributed by atoms with Crippen molar-refractivity contribution in [2.45, 2.75) is 24.8 Å². The molecule has 0 aromatic heterocycles. The van der Waals surface area contributed by atoms with Crippen molar-refractivity contribution in [3.63, 3.8) is 0 Å². The van der Waals surface area contributed by atoms with Crippen LogP contribution in [0.5, 0.6) is 0 Å². The summed E-state index contributed by atoms with van der Waals surface area (Å²) in [5.74, 6) is -0.243. The molecule has 0 spiro atoms. The molecule has 15 heavy (non-hydrogen) atoms. The number of primary amides is 1. The summed E-state index contributed by atoms with van der Waals surface area (Å²) in [6.07, 6.45) is 2.75. The molecule has 1 aliphatic carbocycles. The summed E-state index contributed by atoms with van der Waals surface area (Å²) in [4.78, 5) is 11.3. The Morgan fingerprint density at radius 3 is 2.33 bits per heavy atom. The van der Waals surface area contributed by atoms with E-state index in [4.69, 9.17) is 5.73 Å². The third-order valence-corrected chi connectivity index (χ3v) is 3.63. The second kappa shape index (κ2) is 4.00. The minimum atomic E-state index is -0.493. The van der Waals surface area contributed by atoms with Crippen LogP contribution in [0, 0.1) is 3.57 Å². The van der Waals surface area contributed by atoms with E-state index in [9.17, 15) is 4.79 Å². The fourth-order valence-electron chi connectivity index (χ4n) is 1.77. The van der Waals surface area contributed by atoms with Crippen LogP contribution in [0.3, 0.4) is 0 Å². The van der Waals surface area contributed by atoms with Gasteiger partial charge in [-0.25, -0.2) is 0 Å². The van der Waals surface area contributed by atoms with Gasteiger partial charge in [0.1, 0.15) is 5.54 Å². The van der Waals surface area contributed by atoms with E-state index >= 15 is 0 Å². The summed E-state index contributed by atoms with van der Waals surface area (Å²) in [5, 5.41) is 3.24. The molecule has 0 unspecified atom stereocenters.